The Balaban J connectivity index is 1.44. The van der Waals surface area contributed by atoms with Gasteiger partial charge in [0.2, 0.25) is 0 Å². The minimum Gasteiger partial charge on any atom is -0.361 e. The standard InChI is InChI=1S/C42H24N4/c1-44-40-25-32(17-19-46-40)28-11-7-13-34(21-28)42-37-15-5-4-14-36(37)41(38-23-29-8-2-3-9-30(29)24-39(38)42)33-12-6-10-27(20-33)31-16-18-45-35(22-31)26-43/h2-25H. The van der Waals surface area contributed by atoms with Gasteiger partial charge in [-0.15, -0.1) is 4.98 Å². The predicted octanol–water partition coefficient (Wildman–Crippen LogP) is 11.0. The Hall–Kier alpha value is -6.62. The second-order valence-electron chi connectivity index (χ2n) is 11.3. The Kier molecular flexibility index (Phi) is 6.53. The number of fused-ring (bicyclic) bond motifs is 3. The van der Waals surface area contributed by atoms with Crippen LogP contribution in [-0.2, 0) is 0 Å². The smallest absolute Gasteiger partial charge is 0.270 e. The van der Waals surface area contributed by atoms with Gasteiger partial charge in [-0.05, 0) is 125 Å². The third-order valence-electron chi connectivity index (χ3n) is 8.59. The molecule has 0 aliphatic carbocycles. The summed E-state index contributed by atoms with van der Waals surface area (Å²) in [6.45, 7) is 7.44. The van der Waals surface area contributed by atoms with Gasteiger partial charge in [0.05, 0.1) is 0 Å². The first kappa shape index (κ1) is 27.0. The lowest BCUT2D eigenvalue weighted by atomic mass is 9.84. The molecule has 0 saturated carbocycles. The summed E-state index contributed by atoms with van der Waals surface area (Å²) >= 11 is 0. The van der Waals surface area contributed by atoms with Crippen LogP contribution in [0.1, 0.15) is 5.69 Å². The van der Waals surface area contributed by atoms with Crippen molar-refractivity contribution in [3.63, 3.8) is 0 Å². The highest BCUT2D eigenvalue weighted by molar-refractivity contribution is 6.23. The van der Waals surface area contributed by atoms with Gasteiger partial charge >= 0.3 is 0 Å². The third-order valence-corrected chi connectivity index (χ3v) is 8.59. The van der Waals surface area contributed by atoms with Gasteiger partial charge in [-0.3, -0.25) is 0 Å². The molecule has 4 nitrogen and oxygen atoms in total. The van der Waals surface area contributed by atoms with Crippen LogP contribution in [-0.4, -0.2) is 9.97 Å². The van der Waals surface area contributed by atoms with E-state index in [2.05, 4.69) is 130 Å². The molecule has 0 radical (unpaired) electrons. The van der Waals surface area contributed by atoms with Crippen LogP contribution < -0.4 is 0 Å². The maximum Gasteiger partial charge on any atom is 0.270 e. The van der Waals surface area contributed by atoms with E-state index in [0.29, 0.717) is 11.5 Å². The minimum atomic E-state index is 0.382. The van der Waals surface area contributed by atoms with E-state index in [9.17, 15) is 5.26 Å². The summed E-state index contributed by atoms with van der Waals surface area (Å²) in [5.74, 6) is 0.382. The van der Waals surface area contributed by atoms with E-state index in [-0.39, 0.29) is 0 Å². The zero-order valence-corrected chi connectivity index (χ0v) is 24.6. The van der Waals surface area contributed by atoms with E-state index in [1.54, 1.807) is 12.4 Å². The van der Waals surface area contributed by atoms with Crippen LogP contribution in [0, 0.1) is 17.9 Å². The number of hydrogen-bond donors (Lipinski definition) is 0. The Morgan fingerprint density at radius 2 is 0.978 bits per heavy atom. The molecule has 2 heterocycles. The molecule has 0 atom stereocenters. The fraction of sp³-hybridized carbons (Fsp3) is 0. The summed E-state index contributed by atoms with van der Waals surface area (Å²) in [5, 5.41) is 16.5. The molecule has 0 fully saturated rings. The van der Waals surface area contributed by atoms with Crippen LogP contribution in [0.25, 0.3) is 81.7 Å². The molecular formula is C42H24N4. The molecule has 6 aromatic carbocycles. The molecule has 0 aliphatic rings. The summed E-state index contributed by atoms with van der Waals surface area (Å²) in [6, 6.07) is 48.6. The molecule has 4 heteroatoms. The van der Waals surface area contributed by atoms with Gasteiger partial charge in [0, 0.05) is 6.20 Å². The number of nitrogens with zero attached hydrogens (tertiary/aromatic N) is 4. The SMILES string of the molecule is [C-]#[N+]c1cc(-c2cccc(-c3c4ccccc4c(-c4cccc(-c5ccnc(C#N)c5)c4)c4cc5ccccc5cc34)c2)ccn1. The predicted molar refractivity (Wildman–Crippen MR) is 187 cm³/mol. The van der Waals surface area contributed by atoms with Crippen molar-refractivity contribution in [3.05, 3.63) is 163 Å². The van der Waals surface area contributed by atoms with Crippen LogP contribution in [0.3, 0.4) is 0 Å². The Morgan fingerprint density at radius 3 is 1.54 bits per heavy atom. The largest absolute Gasteiger partial charge is 0.361 e. The monoisotopic (exact) mass is 584 g/mol. The highest BCUT2D eigenvalue weighted by atomic mass is 14.8. The Labute approximate surface area is 266 Å². The topological polar surface area (TPSA) is 53.9 Å². The van der Waals surface area contributed by atoms with Crippen molar-refractivity contribution in [2.45, 2.75) is 0 Å². The maximum absolute atomic E-state index is 9.46. The summed E-state index contributed by atoms with van der Waals surface area (Å²) in [5.41, 5.74) is 8.94. The van der Waals surface area contributed by atoms with Crippen molar-refractivity contribution < 1.29 is 0 Å². The Morgan fingerprint density at radius 1 is 0.478 bits per heavy atom. The highest BCUT2D eigenvalue weighted by Gasteiger charge is 2.18. The Bertz CT molecular complexity index is 2390. The average molecular weight is 585 g/mol. The highest BCUT2D eigenvalue weighted by Crippen LogP contribution is 2.46. The van der Waals surface area contributed by atoms with Gasteiger partial charge in [-0.25, -0.2) is 4.98 Å². The lowest BCUT2D eigenvalue weighted by Gasteiger charge is -2.19. The summed E-state index contributed by atoms with van der Waals surface area (Å²) in [7, 11) is 0. The molecule has 0 bridgehead atoms. The lowest BCUT2D eigenvalue weighted by molar-refractivity contribution is 1.26. The molecule has 0 unspecified atom stereocenters. The summed E-state index contributed by atoms with van der Waals surface area (Å²) < 4.78 is 0. The van der Waals surface area contributed by atoms with Crippen molar-refractivity contribution in [1.29, 1.82) is 5.26 Å². The van der Waals surface area contributed by atoms with E-state index in [1.807, 2.05) is 24.3 Å². The van der Waals surface area contributed by atoms with Crippen molar-refractivity contribution >= 4 is 38.1 Å². The number of benzene rings is 6. The molecular weight excluding hydrogens is 560 g/mol. The third kappa shape index (κ3) is 4.63. The second kappa shape index (κ2) is 11.1. The van der Waals surface area contributed by atoms with Gasteiger partial charge in [0.15, 0.2) is 0 Å². The van der Waals surface area contributed by atoms with Crippen LogP contribution in [0.4, 0.5) is 5.82 Å². The minimum absolute atomic E-state index is 0.382. The molecule has 8 aromatic rings. The number of pyridine rings is 2. The van der Waals surface area contributed by atoms with Crippen LogP contribution >= 0.6 is 0 Å². The first-order valence-electron chi connectivity index (χ1n) is 15.0. The first-order chi connectivity index (χ1) is 22.7. The fourth-order valence-corrected chi connectivity index (χ4v) is 6.52. The van der Waals surface area contributed by atoms with E-state index in [0.717, 1.165) is 44.2 Å². The number of aromatic nitrogens is 2. The van der Waals surface area contributed by atoms with Gasteiger partial charge in [0.1, 0.15) is 18.0 Å². The molecule has 0 amide bonds. The summed E-state index contributed by atoms with van der Waals surface area (Å²) in [4.78, 5) is 11.9. The second-order valence-corrected chi connectivity index (χ2v) is 11.3. The van der Waals surface area contributed by atoms with Crippen molar-refractivity contribution in [2.75, 3.05) is 0 Å². The van der Waals surface area contributed by atoms with Crippen LogP contribution in [0.15, 0.2) is 146 Å². The molecule has 212 valence electrons. The van der Waals surface area contributed by atoms with Crippen molar-refractivity contribution in [1.82, 2.24) is 9.97 Å². The molecule has 0 spiro atoms. The molecule has 2 aromatic heterocycles. The quantitative estimate of drug-likeness (QED) is 0.153. The first-order valence-corrected chi connectivity index (χ1v) is 15.0. The number of rotatable bonds is 4. The van der Waals surface area contributed by atoms with Crippen molar-refractivity contribution in [2.24, 2.45) is 0 Å². The zero-order chi connectivity index (χ0) is 31.0. The fourth-order valence-electron chi connectivity index (χ4n) is 6.52. The van der Waals surface area contributed by atoms with Crippen molar-refractivity contribution in [3.8, 4) is 50.6 Å². The van der Waals surface area contributed by atoms with Gasteiger partial charge < -0.3 is 4.85 Å². The molecule has 8 rings (SSSR count). The zero-order valence-electron chi connectivity index (χ0n) is 24.6. The van der Waals surface area contributed by atoms with E-state index in [4.69, 9.17) is 6.57 Å². The summed E-state index contributed by atoms with van der Waals surface area (Å²) in [6.07, 6.45) is 3.39. The maximum atomic E-state index is 9.46. The normalized spacial score (nSPS) is 11.0. The molecule has 0 N–H and O–H groups in total. The van der Waals surface area contributed by atoms with E-state index >= 15 is 0 Å². The number of nitriles is 1. The molecule has 0 saturated heterocycles. The average Bonchev–Trinajstić information content (AvgIpc) is 3.13. The van der Waals surface area contributed by atoms with Gasteiger partial charge in [-0.1, -0.05) is 91.5 Å². The van der Waals surface area contributed by atoms with E-state index < -0.39 is 0 Å². The number of hydrogen-bond acceptors (Lipinski definition) is 3. The van der Waals surface area contributed by atoms with Gasteiger partial charge in [0.25, 0.3) is 5.82 Å². The molecule has 0 aliphatic heterocycles. The lowest BCUT2D eigenvalue weighted by Crippen LogP contribution is -1.92. The van der Waals surface area contributed by atoms with Crippen LogP contribution in [0.2, 0.25) is 0 Å². The van der Waals surface area contributed by atoms with Gasteiger partial charge in [-0.2, -0.15) is 5.26 Å². The van der Waals surface area contributed by atoms with Crippen LogP contribution in [0.5, 0.6) is 0 Å². The van der Waals surface area contributed by atoms with E-state index in [1.165, 1.54) is 32.7 Å². The molecule has 46 heavy (non-hydrogen) atoms.